The molecule has 0 amide bonds. The van der Waals surface area contributed by atoms with Gasteiger partial charge in [0.25, 0.3) is 0 Å². The van der Waals surface area contributed by atoms with Gasteiger partial charge in [0.1, 0.15) is 5.75 Å². The summed E-state index contributed by atoms with van der Waals surface area (Å²) in [7, 11) is -1.73. The highest BCUT2D eigenvalue weighted by Crippen LogP contribution is 2.26. The number of nitrogens with two attached hydrogens (primary N) is 1. The second-order valence-corrected chi connectivity index (χ2v) is 5.87. The molecule has 5 heteroatoms. The van der Waals surface area contributed by atoms with Gasteiger partial charge in [0.2, 0.25) is 0 Å². The van der Waals surface area contributed by atoms with Crippen molar-refractivity contribution >= 4 is 9.84 Å². The van der Waals surface area contributed by atoms with Crippen molar-refractivity contribution in [1.29, 1.82) is 0 Å². The number of sulfone groups is 1. The molecule has 0 bridgehead atoms. The van der Waals surface area contributed by atoms with Crippen LogP contribution in [0.4, 0.5) is 0 Å². The summed E-state index contributed by atoms with van der Waals surface area (Å²) in [6.45, 7) is 1.83. The lowest BCUT2D eigenvalue weighted by atomic mass is 10.1. The van der Waals surface area contributed by atoms with Crippen LogP contribution in [0.5, 0.6) is 5.75 Å². The van der Waals surface area contributed by atoms with Crippen molar-refractivity contribution in [3.05, 3.63) is 23.8 Å². The van der Waals surface area contributed by atoms with Crippen molar-refractivity contribution in [3.8, 4) is 5.75 Å². The van der Waals surface area contributed by atoms with Gasteiger partial charge < -0.3 is 10.5 Å². The molecule has 0 saturated heterocycles. The monoisotopic (exact) mass is 243 g/mol. The Morgan fingerprint density at radius 1 is 1.44 bits per heavy atom. The van der Waals surface area contributed by atoms with Gasteiger partial charge in [0.05, 0.1) is 12.0 Å². The predicted octanol–water partition coefficient (Wildman–Crippen LogP) is 0.988. The van der Waals surface area contributed by atoms with Crippen LogP contribution in [0.2, 0.25) is 0 Å². The van der Waals surface area contributed by atoms with Crippen LogP contribution in [-0.4, -0.2) is 27.8 Å². The fourth-order valence-electron chi connectivity index (χ4n) is 1.61. The lowest BCUT2D eigenvalue weighted by Crippen LogP contribution is -2.20. The Labute approximate surface area is 96.3 Å². The zero-order chi connectivity index (χ0) is 12.3. The van der Waals surface area contributed by atoms with Crippen LogP contribution < -0.4 is 10.5 Å². The third-order valence-corrected chi connectivity index (χ3v) is 3.42. The Morgan fingerprint density at radius 3 is 2.50 bits per heavy atom. The molecule has 1 rings (SSSR count). The maximum absolute atomic E-state index is 11.6. The van der Waals surface area contributed by atoms with E-state index in [-0.39, 0.29) is 6.04 Å². The van der Waals surface area contributed by atoms with E-state index >= 15 is 0 Å². The lowest BCUT2D eigenvalue weighted by Gasteiger charge is -2.14. The molecule has 0 aromatic heterocycles. The highest BCUT2D eigenvalue weighted by molar-refractivity contribution is 7.90. The second kappa shape index (κ2) is 4.84. The van der Waals surface area contributed by atoms with Crippen LogP contribution in [0.1, 0.15) is 12.5 Å². The fourth-order valence-corrected chi connectivity index (χ4v) is 2.56. The summed E-state index contributed by atoms with van der Waals surface area (Å²) in [5.41, 5.74) is 6.36. The third kappa shape index (κ3) is 2.96. The highest BCUT2D eigenvalue weighted by Gasteiger charge is 2.17. The molecule has 0 spiro atoms. The molecule has 0 radical (unpaired) electrons. The molecular weight excluding hydrogens is 226 g/mol. The number of hydrogen-bond acceptors (Lipinski definition) is 4. The molecule has 1 aromatic carbocycles. The van der Waals surface area contributed by atoms with E-state index in [1.165, 1.54) is 13.4 Å². The van der Waals surface area contributed by atoms with E-state index < -0.39 is 9.84 Å². The first-order chi connectivity index (χ1) is 7.36. The molecule has 4 nitrogen and oxygen atoms in total. The predicted molar refractivity (Wildman–Crippen MR) is 63.5 cm³/mol. The standard InChI is InChI=1S/C11H17NO3S/c1-8(12)7-9-10(15-2)5-4-6-11(9)16(3,13)14/h4-6,8H,7,12H2,1-3H3. The summed E-state index contributed by atoms with van der Waals surface area (Å²) in [6, 6.07) is 4.87. The van der Waals surface area contributed by atoms with E-state index in [0.717, 1.165) is 0 Å². The smallest absolute Gasteiger partial charge is 0.175 e. The largest absolute Gasteiger partial charge is 0.496 e. The maximum Gasteiger partial charge on any atom is 0.175 e. The number of rotatable bonds is 4. The van der Waals surface area contributed by atoms with Crippen molar-refractivity contribution in [2.75, 3.05) is 13.4 Å². The zero-order valence-electron chi connectivity index (χ0n) is 9.73. The number of benzene rings is 1. The molecule has 0 fully saturated rings. The molecular formula is C11H17NO3S. The van der Waals surface area contributed by atoms with Crippen molar-refractivity contribution in [3.63, 3.8) is 0 Å². The molecule has 0 aliphatic rings. The quantitative estimate of drug-likeness (QED) is 0.856. The topological polar surface area (TPSA) is 69.4 Å². The Morgan fingerprint density at radius 2 is 2.06 bits per heavy atom. The molecule has 0 heterocycles. The molecule has 90 valence electrons. The van der Waals surface area contributed by atoms with Gasteiger partial charge in [-0.05, 0) is 25.5 Å². The number of ether oxygens (including phenoxy) is 1. The first-order valence-electron chi connectivity index (χ1n) is 4.97. The average Bonchev–Trinajstić information content (AvgIpc) is 2.15. The van der Waals surface area contributed by atoms with Gasteiger partial charge in [0, 0.05) is 17.9 Å². The van der Waals surface area contributed by atoms with E-state index in [9.17, 15) is 8.42 Å². The summed E-state index contributed by atoms with van der Waals surface area (Å²) < 4.78 is 28.4. The van der Waals surface area contributed by atoms with Crippen LogP contribution in [0.25, 0.3) is 0 Å². The van der Waals surface area contributed by atoms with Gasteiger partial charge in [-0.3, -0.25) is 0 Å². The molecule has 2 N–H and O–H groups in total. The van der Waals surface area contributed by atoms with E-state index in [1.54, 1.807) is 18.2 Å². The normalized spacial score (nSPS) is 13.5. The van der Waals surface area contributed by atoms with E-state index in [2.05, 4.69) is 0 Å². The van der Waals surface area contributed by atoms with E-state index in [0.29, 0.717) is 22.6 Å². The summed E-state index contributed by atoms with van der Waals surface area (Å²) in [6.07, 6.45) is 1.67. The summed E-state index contributed by atoms with van der Waals surface area (Å²) in [5, 5.41) is 0. The van der Waals surface area contributed by atoms with Crippen LogP contribution in [0.15, 0.2) is 23.1 Å². The molecule has 16 heavy (non-hydrogen) atoms. The second-order valence-electron chi connectivity index (χ2n) is 3.89. The lowest BCUT2D eigenvalue weighted by molar-refractivity contribution is 0.406. The molecule has 0 aliphatic heterocycles. The van der Waals surface area contributed by atoms with Crippen molar-refractivity contribution in [2.24, 2.45) is 5.73 Å². The molecule has 0 saturated carbocycles. The van der Waals surface area contributed by atoms with Crippen LogP contribution >= 0.6 is 0 Å². The minimum atomic E-state index is -3.25. The Hall–Kier alpha value is -1.07. The number of methoxy groups -OCH3 is 1. The fraction of sp³-hybridized carbons (Fsp3) is 0.455. The minimum Gasteiger partial charge on any atom is -0.496 e. The van der Waals surface area contributed by atoms with Crippen LogP contribution in [-0.2, 0) is 16.3 Å². The van der Waals surface area contributed by atoms with Crippen molar-refractivity contribution < 1.29 is 13.2 Å². The number of hydrogen-bond donors (Lipinski definition) is 1. The molecule has 1 unspecified atom stereocenters. The zero-order valence-corrected chi connectivity index (χ0v) is 10.5. The SMILES string of the molecule is COc1cccc(S(C)(=O)=O)c1CC(C)N. The maximum atomic E-state index is 11.6. The van der Waals surface area contributed by atoms with Gasteiger partial charge in [-0.25, -0.2) is 8.42 Å². The van der Waals surface area contributed by atoms with Gasteiger partial charge in [0.15, 0.2) is 9.84 Å². The average molecular weight is 243 g/mol. The molecule has 0 aliphatic carbocycles. The first-order valence-corrected chi connectivity index (χ1v) is 6.87. The van der Waals surface area contributed by atoms with Gasteiger partial charge in [-0.2, -0.15) is 0 Å². The summed E-state index contributed by atoms with van der Waals surface area (Å²) in [5.74, 6) is 0.570. The van der Waals surface area contributed by atoms with Gasteiger partial charge in [-0.15, -0.1) is 0 Å². The van der Waals surface area contributed by atoms with Crippen LogP contribution in [0.3, 0.4) is 0 Å². The Bertz CT molecular complexity index is 466. The van der Waals surface area contributed by atoms with E-state index in [4.69, 9.17) is 10.5 Å². The first kappa shape index (κ1) is 13.0. The summed E-state index contributed by atoms with van der Waals surface area (Å²) in [4.78, 5) is 0.296. The summed E-state index contributed by atoms with van der Waals surface area (Å²) >= 11 is 0. The minimum absolute atomic E-state index is 0.114. The Kier molecular flexibility index (Phi) is 3.93. The van der Waals surface area contributed by atoms with Gasteiger partial charge >= 0.3 is 0 Å². The third-order valence-electron chi connectivity index (χ3n) is 2.24. The Balaban J connectivity index is 3.38. The van der Waals surface area contributed by atoms with Crippen molar-refractivity contribution in [2.45, 2.75) is 24.3 Å². The van der Waals surface area contributed by atoms with Gasteiger partial charge in [-0.1, -0.05) is 6.07 Å². The van der Waals surface area contributed by atoms with Crippen LogP contribution in [0, 0.1) is 0 Å². The molecule has 1 atom stereocenters. The highest BCUT2D eigenvalue weighted by atomic mass is 32.2. The molecule has 1 aromatic rings. The van der Waals surface area contributed by atoms with Crippen molar-refractivity contribution in [1.82, 2.24) is 0 Å². The van der Waals surface area contributed by atoms with E-state index in [1.807, 2.05) is 6.92 Å².